The molecule has 0 aromatic carbocycles. The summed E-state index contributed by atoms with van der Waals surface area (Å²) in [4.78, 5) is 59.5. The Bertz CT molecular complexity index is 1080. The van der Waals surface area contributed by atoms with Crippen LogP contribution in [0.3, 0.4) is 0 Å². The Hall–Kier alpha value is -3.62. The van der Waals surface area contributed by atoms with Gasteiger partial charge in [-0.25, -0.2) is 0 Å². The third-order valence-corrected chi connectivity index (χ3v) is 4.84. The SMILES string of the molecule is CC(=O)OC[C@@H](OC(C)=O)[C@@H](OC(C)=O)[C@H](OC(C)=O)[C@@H](OC(C)=O)c1nnc2sc(C)nn12. The topological polar surface area (TPSA) is 175 Å². The van der Waals surface area contributed by atoms with Crippen molar-refractivity contribution in [3.05, 3.63) is 10.8 Å². The largest absolute Gasteiger partial charge is 0.462 e. The first-order chi connectivity index (χ1) is 15.9. The van der Waals surface area contributed by atoms with E-state index < -0.39 is 60.9 Å². The molecule has 0 N–H and O–H groups in total. The van der Waals surface area contributed by atoms with Gasteiger partial charge in [-0.2, -0.15) is 9.61 Å². The van der Waals surface area contributed by atoms with Gasteiger partial charge in [0.1, 0.15) is 11.6 Å². The van der Waals surface area contributed by atoms with E-state index in [-0.39, 0.29) is 5.82 Å². The lowest BCUT2D eigenvalue weighted by molar-refractivity contribution is -0.204. The molecular formula is C19H24N4O10S. The standard InChI is InChI=1S/C19H24N4O10S/c1-8-22-23-18(20-21-19(23)34-8)17(33-13(6)28)16(32-12(5)27)15(31-11(4)26)14(30-10(3)25)7-29-9(2)24/h14-17H,7H2,1-6H3/t14-,15-,16+,17-/m1/s1. The first-order valence-corrected chi connectivity index (χ1v) is 10.7. The van der Waals surface area contributed by atoms with Gasteiger partial charge in [-0.05, 0) is 6.92 Å². The van der Waals surface area contributed by atoms with E-state index >= 15 is 0 Å². The molecule has 34 heavy (non-hydrogen) atoms. The highest BCUT2D eigenvalue weighted by Gasteiger charge is 2.46. The van der Waals surface area contributed by atoms with Gasteiger partial charge in [0, 0.05) is 34.6 Å². The first-order valence-electron chi connectivity index (χ1n) is 9.90. The normalized spacial score (nSPS) is 14.4. The van der Waals surface area contributed by atoms with Crippen molar-refractivity contribution < 1.29 is 47.7 Å². The second kappa shape index (κ2) is 11.5. The van der Waals surface area contributed by atoms with Gasteiger partial charge in [0.25, 0.3) is 0 Å². The zero-order valence-corrected chi connectivity index (χ0v) is 20.1. The highest BCUT2D eigenvalue weighted by atomic mass is 32.1. The molecule has 0 bridgehead atoms. The number of fused-ring (bicyclic) bond motifs is 1. The molecule has 2 aromatic heterocycles. The lowest BCUT2D eigenvalue weighted by Gasteiger charge is -2.34. The van der Waals surface area contributed by atoms with Crippen LogP contribution in [-0.2, 0) is 47.7 Å². The summed E-state index contributed by atoms with van der Waals surface area (Å²) >= 11 is 1.20. The Balaban J connectivity index is 2.65. The predicted molar refractivity (Wildman–Crippen MR) is 111 cm³/mol. The van der Waals surface area contributed by atoms with Crippen LogP contribution in [0.25, 0.3) is 4.96 Å². The summed E-state index contributed by atoms with van der Waals surface area (Å²) in [7, 11) is 0. The van der Waals surface area contributed by atoms with E-state index in [9.17, 15) is 24.0 Å². The fourth-order valence-electron chi connectivity index (χ4n) is 3.00. The lowest BCUT2D eigenvalue weighted by Crippen LogP contribution is -2.50. The Morgan fingerprint density at radius 2 is 1.35 bits per heavy atom. The molecule has 2 rings (SSSR count). The summed E-state index contributed by atoms with van der Waals surface area (Å²) in [6, 6.07) is 0. The summed E-state index contributed by atoms with van der Waals surface area (Å²) in [5.74, 6) is -4.05. The summed E-state index contributed by atoms with van der Waals surface area (Å²) in [5, 5.41) is 12.8. The minimum absolute atomic E-state index is 0.0491. The highest BCUT2D eigenvalue weighted by Crippen LogP contribution is 2.30. The minimum Gasteiger partial charge on any atom is -0.462 e. The lowest BCUT2D eigenvalue weighted by atomic mass is 10.0. The van der Waals surface area contributed by atoms with Crippen LogP contribution in [0.4, 0.5) is 0 Å². The maximum atomic E-state index is 12.0. The van der Waals surface area contributed by atoms with E-state index in [1.165, 1.54) is 15.9 Å². The molecule has 4 atom stereocenters. The quantitative estimate of drug-likeness (QED) is 0.325. The molecule has 0 radical (unpaired) electrons. The van der Waals surface area contributed by atoms with Gasteiger partial charge in [-0.3, -0.25) is 24.0 Å². The van der Waals surface area contributed by atoms with Crippen molar-refractivity contribution in [2.45, 2.75) is 66.0 Å². The number of carbonyl (C=O) groups is 5. The Kier molecular flexibility index (Phi) is 9.00. The average molecular weight is 500 g/mol. The molecule has 0 aliphatic carbocycles. The highest BCUT2D eigenvalue weighted by molar-refractivity contribution is 7.16. The first kappa shape index (κ1) is 26.6. The molecular weight excluding hydrogens is 476 g/mol. The van der Waals surface area contributed by atoms with Crippen molar-refractivity contribution in [3.63, 3.8) is 0 Å². The molecule has 2 aromatic rings. The number of hydrogen-bond acceptors (Lipinski definition) is 14. The van der Waals surface area contributed by atoms with Crippen LogP contribution < -0.4 is 0 Å². The monoisotopic (exact) mass is 500 g/mol. The van der Waals surface area contributed by atoms with E-state index in [1.807, 2.05) is 0 Å². The van der Waals surface area contributed by atoms with Crippen LogP contribution in [-0.4, -0.2) is 74.6 Å². The minimum atomic E-state index is -1.60. The van der Waals surface area contributed by atoms with Gasteiger partial charge in [0.05, 0.1) is 0 Å². The number of aryl methyl sites for hydroxylation is 1. The predicted octanol–water partition coefficient (Wildman–Crippen LogP) is 0.457. The molecule has 0 aliphatic heterocycles. The number of aromatic nitrogens is 4. The number of esters is 5. The Labute approximate surface area is 197 Å². The maximum absolute atomic E-state index is 12.0. The van der Waals surface area contributed by atoms with Crippen LogP contribution in [0.15, 0.2) is 0 Å². The zero-order chi connectivity index (χ0) is 25.6. The van der Waals surface area contributed by atoms with E-state index in [0.29, 0.717) is 9.97 Å². The van der Waals surface area contributed by atoms with Gasteiger partial charge < -0.3 is 23.7 Å². The van der Waals surface area contributed by atoms with Crippen molar-refractivity contribution in [1.82, 2.24) is 19.8 Å². The molecule has 0 unspecified atom stereocenters. The fraction of sp³-hybridized carbons (Fsp3) is 0.579. The molecule has 0 saturated heterocycles. The van der Waals surface area contributed by atoms with Gasteiger partial charge >= 0.3 is 29.8 Å². The van der Waals surface area contributed by atoms with Crippen LogP contribution in [0.5, 0.6) is 0 Å². The third kappa shape index (κ3) is 7.19. The summed E-state index contributed by atoms with van der Waals surface area (Å²) in [6.07, 6.45) is -6.12. The van der Waals surface area contributed by atoms with Crippen LogP contribution in [0, 0.1) is 6.92 Å². The molecule has 14 nitrogen and oxygen atoms in total. The number of hydrogen-bond donors (Lipinski definition) is 0. The summed E-state index contributed by atoms with van der Waals surface area (Å²) in [5.41, 5.74) is 0. The van der Waals surface area contributed by atoms with Crippen LogP contribution in [0.2, 0.25) is 0 Å². The Morgan fingerprint density at radius 3 is 1.88 bits per heavy atom. The Morgan fingerprint density at radius 1 is 0.794 bits per heavy atom. The second-order valence-electron chi connectivity index (χ2n) is 7.00. The molecule has 0 fully saturated rings. The summed E-state index contributed by atoms with van der Waals surface area (Å²) in [6.45, 7) is 6.60. The fourth-order valence-corrected chi connectivity index (χ4v) is 3.69. The smallest absolute Gasteiger partial charge is 0.303 e. The van der Waals surface area contributed by atoms with E-state index in [0.717, 1.165) is 34.6 Å². The van der Waals surface area contributed by atoms with Gasteiger partial charge in [0.2, 0.25) is 11.1 Å². The van der Waals surface area contributed by atoms with E-state index in [1.54, 1.807) is 6.92 Å². The maximum Gasteiger partial charge on any atom is 0.303 e. The van der Waals surface area contributed by atoms with Crippen LogP contribution >= 0.6 is 11.3 Å². The molecule has 2 heterocycles. The molecule has 0 saturated carbocycles. The average Bonchev–Trinajstić information content (AvgIpc) is 3.24. The molecule has 186 valence electrons. The molecule has 0 aliphatic rings. The molecule has 0 amide bonds. The van der Waals surface area contributed by atoms with Gasteiger partial charge in [0.15, 0.2) is 24.1 Å². The van der Waals surface area contributed by atoms with Gasteiger partial charge in [-0.15, -0.1) is 10.2 Å². The second-order valence-corrected chi connectivity index (χ2v) is 8.16. The zero-order valence-electron chi connectivity index (χ0n) is 19.3. The van der Waals surface area contributed by atoms with Crippen molar-refractivity contribution in [3.8, 4) is 0 Å². The van der Waals surface area contributed by atoms with Gasteiger partial charge in [-0.1, -0.05) is 11.3 Å². The summed E-state index contributed by atoms with van der Waals surface area (Å²) < 4.78 is 27.6. The number of carbonyl (C=O) groups excluding carboxylic acids is 5. The van der Waals surface area contributed by atoms with Crippen molar-refractivity contribution in [2.75, 3.05) is 6.61 Å². The van der Waals surface area contributed by atoms with Crippen LogP contribution in [0.1, 0.15) is 51.6 Å². The molecule has 15 heteroatoms. The van der Waals surface area contributed by atoms with Crippen molar-refractivity contribution in [2.24, 2.45) is 0 Å². The number of rotatable bonds is 10. The van der Waals surface area contributed by atoms with E-state index in [4.69, 9.17) is 23.7 Å². The van der Waals surface area contributed by atoms with E-state index in [2.05, 4.69) is 15.3 Å². The van der Waals surface area contributed by atoms with Crippen molar-refractivity contribution >= 4 is 46.1 Å². The molecule has 0 spiro atoms. The third-order valence-electron chi connectivity index (χ3n) is 4.02. The number of ether oxygens (including phenoxy) is 5. The number of nitrogens with zero attached hydrogens (tertiary/aromatic N) is 4. The van der Waals surface area contributed by atoms with Crippen molar-refractivity contribution in [1.29, 1.82) is 0 Å².